The van der Waals surface area contributed by atoms with Crippen molar-refractivity contribution in [1.82, 2.24) is 4.81 Å². The number of hydrogen-bond acceptors (Lipinski definition) is 4. The lowest BCUT2D eigenvalue weighted by Crippen LogP contribution is -2.41. The largest absolute Gasteiger partial charge is 0.411 e. The number of carbonyl (C=O) groups excluding carboxylic acids is 1. The van der Waals surface area contributed by atoms with Gasteiger partial charge in [-0.1, -0.05) is 53.0 Å². The summed E-state index contributed by atoms with van der Waals surface area (Å²) >= 11 is 0. The van der Waals surface area contributed by atoms with Crippen molar-refractivity contribution in [3.63, 3.8) is 0 Å². The fourth-order valence-electron chi connectivity index (χ4n) is 1.45. The van der Waals surface area contributed by atoms with Crippen LogP contribution in [0.1, 0.15) is 6.42 Å². The average molecular weight is 295 g/mol. The summed E-state index contributed by atoms with van der Waals surface area (Å²) in [5, 5.41) is 0. The summed E-state index contributed by atoms with van der Waals surface area (Å²) in [6.45, 7) is 7.20. The van der Waals surface area contributed by atoms with Crippen molar-refractivity contribution in [2.45, 2.75) is 12.5 Å². The Morgan fingerprint density at radius 2 is 2.16 bits per heavy atom. The van der Waals surface area contributed by atoms with Crippen molar-refractivity contribution in [3.05, 3.63) is 49.3 Å². The fraction of sp³-hybridized carbons (Fsp3) is 0.308. The zero-order chi connectivity index (χ0) is 14.1. The maximum Gasteiger partial charge on any atom is 0.402 e. The molecule has 1 unspecified atom stereocenters. The highest BCUT2D eigenvalue weighted by Crippen LogP contribution is 2.31. The summed E-state index contributed by atoms with van der Waals surface area (Å²) in [7, 11) is 5.43. The summed E-state index contributed by atoms with van der Waals surface area (Å²) < 4.78 is 5.29. The van der Waals surface area contributed by atoms with Crippen LogP contribution in [0.2, 0.25) is 0 Å². The molecule has 19 heavy (non-hydrogen) atoms. The minimum absolute atomic E-state index is 0.244. The molecule has 1 amide bonds. The Hall–Kier alpha value is -1.01. The van der Waals surface area contributed by atoms with Gasteiger partial charge in [0.1, 0.15) is 5.76 Å². The van der Waals surface area contributed by atoms with Crippen LogP contribution < -0.4 is 0 Å². The summed E-state index contributed by atoms with van der Waals surface area (Å²) in [5.41, 5.74) is 0. The maximum absolute atomic E-state index is 12.0. The molecule has 1 atom stereocenters. The van der Waals surface area contributed by atoms with E-state index in [9.17, 15) is 4.79 Å². The zero-order valence-corrected chi connectivity index (χ0v) is 12.7. The third-order valence-corrected chi connectivity index (χ3v) is 5.13. The summed E-state index contributed by atoms with van der Waals surface area (Å²) in [6, 6.07) is 0.244. The summed E-state index contributed by atoms with van der Waals surface area (Å²) in [4.78, 5) is 13.7. The molecule has 102 valence electrons. The predicted molar refractivity (Wildman–Crippen MR) is 87.8 cm³/mol. The number of allylic oxidation sites excluding steroid dienone is 5. The Morgan fingerprint density at radius 3 is 2.74 bits per heavy atom. The van der Waals surface area contributed by atoms with E-state index in [-0.39, 0.29) is 12.1 Å². The van der Waals surface area contributed by atoms with Gasteiger partial charge in [-0.2, -0.15) is 0 Å². The monoisotopic (exact) mass is 295 g/mol. The number of rotatable bonds is 5. The van der Waals surface area contributed by atoms with Crippen molar-refractivity contribution < 1.29 is 9.53 Å². The molecule has 1 heterocycles. The number of amides is 1. The molecule has 0 aliphatic carbocycles. The van der Waals surface area contributed by atoms with Crippen LogP contribution in [-0.2, 0) is 4.74 Å². The van der Waals surface area contributed by atoms with Gasteiger partial charge < -0.3 is 9.55 Å². The van der Waals surface area contributed by atoms with E-state index >= 15 is 0 Å². The van der Waals surface area contributed by atoms with Crippen molar-refractivity contribution in [3.8, 4) is 0 Å². The third-order valence-electron chi connectivity index (χ3n) is 2.63. The van der Waals surface area contributed by atoms with E-state index in [1.807, 2.05) is 10.8 Å². The van der Waals surface area contributed by atoms with Gasteiger partial charge in [0.2, 0.25) is 7.98 Å². The number of hydrogen-bond donors (Lipinski definition) is 0. The summed E-state index contributed by atoms with van der Waals surface area (Å²) in [5.74, 6) is 2.45. The van der Waals surface area contributed by atoms with Crippen LogP contribution in [0.4, 0.5) is 4.79 Å². The Balaban J connectivity index is 2.55. The Morgan fingerprint density at radius 1 is 1.37 bits per heavy atom. The van der Waals surface area contributed by atoms with Gasteiger partial charge in [0.15, 0.2) is 0 Å². The molecule has 1 fully saturated rings. The Labute approximate surface area is 123 Å². The van der Waals surface area contributed by atoms with E-state index < -0.39 is 0 Å². The minimum Gasteiger partial charge on any atom is -0.411 e. The van der Waals surface area contributed by atoms with Crippen LogP contribution in [0, 0.1) is 0 Å². The van der Waals surface area contributed by atoms with E-state index in [0.29, 0.717) is 5.76 Å². The SMILES string of the molecule is BN(C(=O)O/C(C=C)=C/C=C\C=C)C1CCSSC1. The maximum atomic E-state index is 12.0. The molecule has 0 bridgehead atoms. The van der Waals surface area contributed by atoms with E-state index in [0.717, 1.165) is 17.9 Å². The van der Waals surface area contributed by atoms with Gasteiger partial charge in [0.25, 0.3) is 0 Å². The molecule has 0 N–H and O–H groups in total. The first kappa shape index (κ1) is 16.1. The average Bonchev–Trinajstić information content (AvgIpc) is 2.46. The molecule has 1 saturated heterocycles. The zero-order valence-electron chi connectivity index (χ0n) is 11.1. The van der Waals surface area contributed by atoms with E-state index in [1.165, 1.54) is 6.08 Å². The van der Waals surface area contributed by atoms with Crippen LogP contribution in [0.25, 0.3) is 0 Å². The molecule has 1 aliphatic rings. The standard InChI is InChI=1S/C13H18BNO2S2/c1-3-5-6-7-12(4-2)17-13(16)15(14)11-8-9-18-19-10-11/h3-7,11H,1-2,8-10,14H2/b6-5-,12-7+. The fourth-order valence-corrected chi connectivity index (χ4v) is 3.98. The smallest absolute Gasteiger partial charge is 0.402 e. The molecule has 0 aromatic heterocycles. The Bertz CT molecular complexity index is 390. The van der Waals surface area contributed by atoms with Gasteiger partial charge in [-0.3, -0.25) is 0 Å². The minimum atomic E-state index is -0.337. The first-order chi connectivity index (χ1) is 9.19. The molecule has 0 spiro atoms. The highest BCUT2D eigenvalue weighted by molar-refractivity contribution is 8.76. The molecule has 3 nitrogen and oxygen atoms in total. The number of carbonyl (C=O) groups is 1. The molecule has 1 aliphatic heterocycles. The lowest BCUT2D eigenvalue weighted by molar-refractivity contribution is 0.149. The van der Waals surface area contributed by atoms with Gasteiger partial charge in [-0.05, 0) is 18.6 Å². The third kappa shape index (κ3) is 5.65. The van der Waals surface area contributed by atoms with Crippen LogP contribution in [-0.4, -0.2) is 36.4 Å². The van der Waals surface area contributed by atoms with E-state index in [4.69, 9.17) is 4.74 Å². The topological polar surface area (TPSA) is 29.5 Å². The first-order valence-electron chi connectivity index (χ1n) is 6.00. The van der Waals surface area contributed by atoms with Crippen molar-refractivity contribution in [2.75, 3.05) is 11.5 Å². The van der Waals surface area contributed by atoms with Crippen molar-refractivity contribution >= 4 is 35.7 Å². The van der Waals surface area contributed by atoms with E-state index in [2.05, 4.69) is 13.2 Å². The van der Waals surface area contributed by atoms with Gasteiger partial charge in [-0.25, -0.2) is 4.79 Å². The predicted octanol–water partition coefficient (Wildman–Crippen LogP) is 2.94. The van der Waals surface area contributed by atoms with Crippen molar-refractivity contribution in [2.24, 2.45) is 0 Å². The summed E-state index contributed by atoms with van der Waals surface area (Å²) in [6.07, 6.45) is 9.04. The molecule has 6 heteroatoms. The second kappa shape index (κ2) is 8.99. The number of ether oxygens (including phenoxy) is 1. The van der Waals surface area contributed by atoms with Gasteiger partial charge in [0.05, 0.1) is 0 Å². The Kier molecular flexibility index (Phi) is 7.59. The normalized spacial score (nSPS) is 20.0. The molecule has 1 rings (SSSR count). The van der Waals surface area contributed by atoms with Crippen LogP contribution in [0.15, 0.2) is 49.3 Å². The molecule has 0 aromatic rings. The first-order valence-corrected chi connectivity index (χ1v) is 8.48. The molecular weight excluding hydrogens is 277 g/mol. The molecule has 0 aromatic carbocycles. The van der Waals surface area contributed by atoms with Crippen LogP contribution in [0.5, 0.6) is 0 Å². The van der Waals surface area contributed by atoms with Crippen LogP contribution in [0.3, 0.4) is 0 Å². The van der Waals surface area contributed by atoms with Crippen molar-refractivity contribution in [1.29, 1.82) is 0 Å². The van der Waals surface area contributed by atoms with Crippen LogP contribution >= 0.6 is 21.6 Å². The highest BCUT2D eigenvalue weighted by atomic mass is 33.1. The second-order valence-corrected chi connectivity index (χ2v) is 6.55. The quantitative estimate of drug-likeness (QED) is 0.337. The molecule has 0 radical (unpaired) electrons. The molecular formula is C13H18BNO2S2. The lowest BCUT2D eigenvalue weighted by atomic mass is 10.1. The van der Waals surface area contributed by atoms with Gasteiger partial charge in [-0.15, -0.1) is 0 Å². The second-order valence-electron chi connectivity index (χ2n) is 3.92. The molecule has 0 saturated carbocycles. The number of nitrogens with zero attached hydrogens (tertiary/aromatic N) is 1. The lowest BCUT2D eigenvalue weighted by Gasteiger charge is -2.30. The van der Waals surface area contributed by atoms with E-state index in [1.54, 1.807) is 47.9 Å². The highest BCUT2D eigenvalue weighted by Gasteiger charge is 2.23. The van der Waals surface area contributed by atoms with Gasteiger partial charge in [0, 0.05) is 17.5 Å². The van der Waals surface area contributed by atoms with Gasteiger partial charge >= 0.3 is 6.09 Å².